The second-order valence-electron chi connectivity index (χ2n) is 4.01. The summed E-state index contributed by atoms with van der Waals surface area (Å²) in [5.41, 5.74) is 5.00. The fraction of sp³-hybridized carbons (Fsp3) is 0.143. The summed E-state index contributed by atoms with van der Waals surface area (Å²) in [5, 5.41) is 0. The molecule has 0 amide bonds. The van der Waals surface area contributed by atoms with Crippen molar-refractivity contribution in [2.45, 2.75) is 6.61 Å². The molecule has 0 heterocycles. The topological polar surface area (TPSA) is 44.5 Å². The summed E-state index contributed by atoms with van der Waals surface area (Å²) in [4.78, 5) is 0. The van der Waals surface area contributed by atoms with Gasteiger partial charge in [0.2, 0.25) is 0 Å². The summed E-state index contributed by atoms with van der Waals surface area (Å²) in [6, 6.07) is 5.94. The lowest BCUT2D eigenvalue weighted by Crippen LogP contribution is -2.04. The van der Waals surface area contributed by atoms with Crippen molar-refractivity contribution in [3.05, 3.63) is 53.3 Å². The minimum absolute atomic E-state index is 0.0800. The Kier molecular flexibility index (Phi) is 4.02. The van der Waals surface area contributed by atoms with Gasteiger partial charge in [0.1, 0.15) is 24.0 Å². The van der Waals surface area contributed by atoms with Crippen LogP contribution in [0.1, 0.15) is 5.56 Å². The maximum atomic E-state index is 13.9. The average Bonchev–Trinajstić information content (AvgIpc) is 2.42. The van der Waals surface area contributed by atoms with Crippen LogP contribution < -0.4 is 15.2 Å². The first-order valence-corrected chi connectivity index (χ1v) is 5.71. The van der Waals surface area contributed by atoms with Gasteiger partial charge in [0.25, 0.3) is 0 Å². The highest BCUT2D eigenvalue weighted by atomic mass is 19.1. The predicted octanol–water partition coefficient (Wildman–Crippen LogP) is 3.27. The summed E-state index contributed by atoms with van der Waals surface area (Å²) in [5.74, 6) is -2.04. The molecule has 0 saturated carbocycles. The van der Waals surface area contributed by atoms with E-state index in [2.05, 4.69) is 0 Å². The maximum absolute atomic E-state index is 13.9. The van der Waals surface area contributed by atoms with E-state index in [-0.39, 0.29) is 29.4 Å². The number of benzene rings is 2. The first-order valence-electron chi connectivity index (χ1n) is 5.71. The third-order valence-corrected chi connectivity index (χ3v) is 2.72. The third-order valence-electron chi connectivity index (χ3n) is 2.72. The Morgan fingerprint density at radius 2 is 1.75 bits per heavy atom. The lowest BCUT2D eigenvalue weighted by molar-refractivity contribution is 0.287. The highest BCUT2D eigenvalue weighted by molar-refractivity contribution is 5.45. The van der Waals surface area contributed by atoms with Gasteiger partial charge < -0.3 is 15.2 Å². The number of nitrogens with two attached hydrogens (primary N) is 1. The molecule has 0 aliphatic rings. The van der Waals surface area contributed by atoms with Gasteiger partial charge in [-0.1, -0.05) is 0 Å². The van der Waals surface area contributed by atoms with Gasteiger partial charge in [-0.15, -0.1) is 0 Å². The number of hydrogen-bond acceptors (Lipinski definition) is 3. The fourth-order valence-electron chi connectivity index (χ4n) is 1.63. The van der Waals surface area contributed by atoms with Gasteiger partial charge in [-0.05, 0) is 24.3 Å². The van der Waals surface area contributed by atoms with E-state index in [0.29, 0.717) is 0 Å². The first-order chi connectivity index (χ1) is 9.52. The van der Waals surface area contributed by atoms with E-state index in [4.69, 9.17) is 15.2 Å². The summed E-state index contributed by atoms with van der Waals surface area (Å²) >= 11 is 0. The van der Waals surface area contributed by atoms with Crippen molar-refractivity contribution in [2.75, 3.05) is 12.8 Å². The number of anilines is 1. The lowest BCUT2D eigenvalue weighted by atomic mass is 10.2. The lowest BCUT2D eigenvalue weighted by Gasteiger charge is -2.11. The summed E-state index contributed by atoms with van der Waals surface area (Å²) < 4.78 is 50.3. The predicted molar refractivity (Wildman–Crippen MR) is 68.1 cm³/mol. The molecule has 0 aromatic heterocycles. The van der Waals surface area contributed by atoms with Crippen LogP contribution in [0.4, 0.5) is 18.9 Å². The molecule has 0 aliphatic carbocycles. The molecule has 0 aliphatic heterocycles. The van der Waals surface area contributed by atoms with Gasteiger partial charge in [-0.3, -0.25) is 0 Å². The molecule has 0 unspecified atom stereocenters. The molecular weight excluding hydrogens is 271 g/mol. The van der Waals surface area contributed by atoms with Crippen molar-refractivity contribution in [1.29, 1.82) is 0 Å². The van der Waals surface area contributed by atoms with E-state index in [1.807, 2.05) is 0 Å². The standard InChI is InChI=1S/C14H12F3NO2/c1-19-13-5-4-10(15)9(14(13)17)7-20-8-2-3-11(16)12(18)6-8/h2-6H,7,18H2,1H3. The highest BCUT2D eigenvalue weighted by Crippen LogP contribution is 2.25. The van der Waals surface area contributed by atoms with Crippen molar-refractivity contribution < 1.29 is 22.6 Å². The molecule has 0 spiro atoms. The van der Waals surface area contributed by atoms with E-state index >= 15 is 0 Å². The van der Waals surface area contributed by atoms with Gasteiger partial charge >= 0.3 is 0 Å². The zero-order valence-electron chi connectivity index (χ0n) is 10.6. The fourth-order valence-corrected chi connectivity index (χ4v) is 1.63. The molecule has 0 fully saturated rings. The van der Waals surface area contributed by atoms with E-state index in [1.54, 1.807) is 0 Å². The Morgan fingerprint density at radius 3 is 2.40 bits per heavy atom. The minimum atomic E-state index is -0.831. The van der Waals surface area contributed by atoms with Crippen LogP contribution in [0.3, 0.4) is 0 Å². The Labute approximate surface area is 113 Å². The number of halogens is 3. The first kappa shape index (κ1) is 14.0. The van der Waals surface area contributed by atoms with Crippen LogP contribution in [0.5, 0.6) is 11.5 Å². The smallest absolute Gasteiger partial charge is 0.174 e. The molecule has 20 heavy (non-hydrogen) atoms. The monoisotopic (exact) mass is 283 g/mol. The van der Waals surface area contributed by atoms with Crippen LogP contribution in [0.25, 0.3) is 0 Å². The van der Waals surface area contributed by atoms with Crippen LogP contribution in [0.15, 0.2) is 30.3 Å². The van der Waals surface area contributed by atoms with Crippen molar-refractivity contribution in [3.8, 4) is 11.5 Å². The Hall–Kier alpha value is -2.37. The summed E-state index contributed by atoms with van der Waals surface area (Å²) in [6.45, 7) is -0.361. The molecule has 2 aromatic rings. The number of methoxy groups -OCH3 is 1. The molecular formula is C14H12F3NO2. The Bertz CT molecular complexity index is 632. The molecule has 0 bridgehead atoms. The zero-order valence-corrected chi connectivity index (χ0v) is 10.6. The van der Waals surface area contributed by atoms with Crippen LogP contribution in [-0.4, -0.2) is 7.11 Å². The SMILES string of the molecule is COc1ccc(F)c(COc2ccc(F)c(N)c2)c1F. The van der Waals surface area contributed by atoms with Crippen LogP contribution in [0.2, 0.25) is 0 Å². The summed E-state index contributed by atoms with van der Waals surface area (Å²) in [7, 11) is 1.28. The van der Waals surface area contributed by atoms with Crippen LogP contribution in [0, 0.1) is 17.5 Å². The van der Waals surface area contributed by atoms with Gasteiger partial charge in [0, 0.05) is 6.07 Å². The van der Waals surface area contributed by atoms with Crippen molar-refractivity contribution in [1.82, 2.24) is 0 Å². The molecule has 0 saturated heterocycles. The molecule has 106 valence electrons. The minimum Gasteiger partial charge on any atom is -0.494 e. The van der Waals surface area contributed by atoms with E-state index in [0.717, 1.165) is 12.1 Å². The summed E-state index contributed by atoms with van der Waals surface area (Å²) in [6.07, 6.45) is 0. The van der Waals surface area contributed by atoms with Gasteiger partial charge in [-0.25, -0.2) is 13.2 Å². The van der Waals surface area contributed by atoms with Crippen LogP contribution in [-0.2, 0) is 6.61 Å². The second kappa shape index (κ2) is 5.73. The number of hydrogen-bond donors (Lipinski definition) is 1. The normalized spacial score (nSPS) is 10.4. The third kappa shape index (κ3) is 2.79. The van der Waals surface area contributed by atoms with Crippen molar-refractivity contribution in [2.24, 2.45) is 0 Å². The molecule has 2 aromatic carbocycles. The molecule has 2 N–H and O–H groups in total. The highest BCUT2D eigenvalue weighted by Gasteiger charge is 2.15. The Morgan fingerprint density at radius 1 is 1.05 bits per heavy atom. The Balaban J connectivity index is 2.20. The quantitative estimate of drug-likeness (QED) is 0.876. The second-order valence-corrected chi connectivity index (χ2v) is 4.01. The van der Waals surface area contributed by atoms with E-state index in [1.165, 1.54) is 25.3 Å². The number of ether oxygens (including phenoxy) is 2. The number of rotatable bonds is 4. The zero-order chi connectivity index (χ0) is 14.7. The van der Waals surface area contributed by atoms with Gasteiger partial charge in [-0.2, -0.15) is 0 Å². The largest absolute Gasteiger partial charge is 0.494 e. The molecule has 2 rings (SSSR count). The van der Waals surface area contributed by atoms with Crippen LogP contribution >= 0.6 is 0 Å². The molecule has 0 radical (unpaired) electrons. The van der Waals surface area contributed by atoms with Crippen molar-refractivity contribution >= 4 is 5.69 Å². The molecule has 0 atom stereocenters. The maximum Gasteiger partial charge on any atom is 0.174 e. The van der Waals surface area contributed by atoms with Gasteiger partial charge in [0.05, 0.1) is 18.4 Å². The molecule has 3 nitrogen and oxygen atoms in total. The van der Waals surface area contributed by atoms with Crippen molar-refractivity contribution in [3.63, 3.8) is 0 Å². The molecule has 6 heteroatoms. The average molecular weight is 283 g/mol. The van der Waals surface area contributed by atoms with E-state index < -0.39 is 17.5 Å². The van der Waals surface area contributed by atoms with Gasteiger partial charge in [0.15, 0.2) is 11.6 Å². The van der Waals surface area contributed by atoms with E-state index in [9.17, 15) is 13.2 Å². The number of nitrogen functional groups attached to an aromatic ring is 1.